The summed E-state index contributed by atoms with van der Waals surface area (Å²) in [4.78, 5) is 36.6. The predicted octanol–water partition coefficient (Wildman–Crippen LogP) is 2.75. The Balaban J connectivity index is 1.88. The summed E-state index contributed by atoms with van der Waals surface area (Å²) in [5.41, 5.74) is 2.44. The summed E-state index contributed by atoms with van der Waals surface area (Å²) in [6.07, 6.45) is 0. The van der Waals surface area contributed by atoms with Gasteiger partial charge >= 0.3 is 12.0 Å². The van der Waals surface area contributed by atoms with Crippen LogP contribution in [0.25, 0.3) is 0 Å². The molecule has 1 heterocycles. The van der Waals surface area contributed by atoms with E-state index in [0.717, 1.165) is 0 Å². The number of esters is 1. The fourth-order valence-corrected chi connectivity index (χ4v) is 3.05. The molecule has 0 aromatic heterocycles. The summed E-state index contributed by atoms with van der Waals surface area (Å²) in [5, 5.41) is 8.21. The predicted molar refractivity (Wildman–Crippen MR) is 107 cm³/mol. The lowest BCUT2D eigenvalue weighted by atomic mass is 9.94. The Morgan fingerprint density at radius 1 is 1.00 bits per heavy atom. The van der Waals surface area contributed by atoms with E-state index in [1.165, 1.54) is 7.11 Å². The van der Waals surface area contributed by atoms with Crippen molar-refractivity contribution in [2.24, 2.45) is 0 Å². The Morgan fingerprint density at radius 2 is 1.66 bits per heavy atom. The van der Waals surface area contributed by atoms with E-state index in [1.54, 1.807) is 62.6 Å². The molecule has 0 aliphatic carbocycles. The largest absolute Gasteiger partial charge is 0.497 e. The molecule has 0 bridgehead atoms. The number of hydrogen-bond donors (Lipinski definition) is 3. The van der Waals surface area contributed by atoms with Crippen LogP contribution in [0.2, 0.25) is 0 Å². The number of nitrogens with one attached hydrogen (secondary N) is 3. The van der Waals surface area contributed by atoms with E-state index in [0.29, 0.717) is 33.8 Å². The molecular weight excluding hydrogens is 374 g/mol. The molecule has 1 aliphatic rings. The van der Waals surface area contributed by atoms with Crippen LogP contribution in [0, 0.1) is 0 Å². The third-order valence-corrected chi connectivity index (χ3v) is 4.53. The minimum absolute atomic E-state index is 0.359. The first-order chi connectivity index (χ1) is 13.9. The lowest BCUT2D eigenvalue weighted by molar-refractivity contribution is -0.113. The number of anilines is 1. The van der Waals surface area contributed by atoms with Crippen LogP contribution in [-0.4, -0.2) is 32.1 Å². The monoisotopic (exact) mass is 395 g/mol. The zero-order valence-corrected chi connectivity index (χ0v) is 16.2. The Bertz CT molecular complexity index is 965. The molecule has 0 radical (unpaired) electrons. The van der Waals surface area contributed by atoms with Gasteiger partial charge in [0.15, 0.2) is 0 Å². The zero-order chi connectivity index (χ0) is 21.0. The molecule has 1 atom stereocenters. The molecule has 0 saturated carbocycles. The van der Waals surface area contributed by atoms with Crippen LogP contribution in [0.5, 0.6) is 5.75 Å². The van der Waals surface area contributed by atoms with Crippen LogP contribution in [-0.2, 0) is 9.53 Å². The molecule has 2 aromatic carbocycles. The molecule has 1 aliphatic heterocycles. The van der Waals surface area contributed by atoms with Crippen molar-refractivity contribution in [1.82, 2.24) is 10.6 Å². The van der Waals surface area contributed by atoms with Gasteiger partial charge in [-0.25, -0.2) is 9.59 Å². The fraction of sp³-hybridized carbons (Fsp3) is 0.190. The van der Waals surface area contributed by atoms with Crippen molar-refractivity contribution in [2.45, 2.75) is 13.0 Å². The first-order valence-electron chi connectivity index (χ1n) is 8.85. The summed E-state index contributed by atoms with van der Waals surface area (Å²) < 4.78 is 9.81. The van der Waals surface area contributed by atoms with Crippen LogP contribution >= 0.6 is 0 Å². The van der Waals surface area contributed by atoms with E-state index < -0.39 is 18.0 Å². The van der Waals surface area contributed by atoms with E-state index >= 15 is 0 Å². The van der Waals surface area contributed by atoms with Gasteiger partial charge in [-0.3, -0.25) is 4.79 Å². The topological polar surface area (TPSA) is 106 Å². The van der Waals surface area contributed by atoms with E-state index in [4.69, 9.17) is 9.47 Å². The average Bonchev–Trinajstić information content (AvgIpc) is 2.73. The summed E-state index contributed by atoms with van der Waals surface area (Å²) in [5.74, 6) is -0.147. The first-order valence-corrected chi connectivity index (χ1v) is 8.85. The lowest BCUT2D eigenvalue weighted by Crippen LogP contribution is -2.45. The number of benzene rings is 2. The van der Waals surface area contributed by atoms with E-state index in [-0.39, 0.29) is 5.91 Å². The van der Waals surface area contributed by atoms with Gasteiger partial charge < -0.3 is 25.4 Å². The molecule has 3 N–H and O–H groups in total. The highest BCUT2D eigenvalue weighted by Crippen LogP contribution is 2.28. The molecular formula is C21H21N3O5. The number of rotatable bonds is 5. The number of ether oxygens (including phenoxy) is 2. The minimum Gasteiger partial charge on any atom is -0.497 e. The van der Waals surface area contributed by atoms with Crippen molar-refractivity contribution in [3.05, 3.63) is 70.9 Å². The quantitative estimate of drug-likeness (QED) is 0.675. The van der Waals surface area contributed by atoms with Crippen LogP contribution in [0.4, 0.5) is 10.5 Å². The number of carbonyl (C=O) groups excluding carboxylic acids is 3. The number of methoxy groups -OCH3 is 2. The molecule has 0 spiro atoms. The zero-order valence-electron chi connectivity index (χ0n) is 16.2. The van der Waals surface area contributed by atoms with Gasteiger partial charge in [-0.15, -0.1) is 0 Å². The van der Waals surface area contributed by atoms with Crippen molar-refractivity contribution < 1.29 is 23.9 Å². The number of urea groups is 1. The van der Waals surface area contributed by atoms with Gasteiger partial charge in [-0.05, 0) is 48.9 Å². The van der Waals surface area contributed by atoms with E-state index in [2.05, 4.69) is 16.0 Å². The van der Waals surface area contributed by atoms with Crippen molar-refractivity contribution >= 4 is 23.6 Å². The van der Waals surface area contributed by atoms with Gasteiger partial charge in [-0.2, -0.15) is 0 Å². The maximum atomic E-state index is 13.0. The third-order valence-electron chi connectivity index (χ3n) is 4.53. The Morgan fingerprint density at radius 3 is 2.24 bits per heavy atom. The first kappa shape index (κ1) is 19.9. The average molecular weight is 395 g/mol. The minimum atomic E-state index is -0.673. The number of amides is 3. The number of hydrogen-bond acceptors (Lipinski definition) is 5. The van der Waals surface area contributed by atoms with Crippen molar-refractivity contribution in [2.75, 3.05) is 19.5 Å². The summed E-state index contributed by atoms with van der Waals surface area (Å²) >= 11 is 0. The number of allylic oxidation sites excluding steroid dienone is 1. The normalized spacial score (nSPS) is 15.8. The summed E-state index contributed by atoms with van der Waals surface area (Å²) in [7, 11) is 2.87. The molecule has 1 unspecified atom stereocenters. The smallest absolute Gasteiger partial charge is 0.337 e. The molecule has 29 heavy (non-hydrogen) atoms. The molecule has 8 nitrogen and oxygen atoms in total. The van der Waals surface area contributed by atoms with E-state index in [9.17, 15) is 14.4 Å². The molecule has 3 amide bonds. The lowest BCUT2D eigenvalue weighted by Gasteiger charge is -2.28. The van der Waals surface area contributed by atoms with Gasteiger partial charge in [0.05, 0.1) is 31.4 Å². The molecule has 2 aromatic rings. The second-order valence-corrected chi connectivity index (χ2v) is 6.37. The van der Waals surface area contributed by atoms with Crippen molar-refractivity contribution in [3.8, 4) is 5.75 Å². The number of carbonyl (C=O) groups is 3. The van der Waals surface area contributed by atoms with Gasteiger partial charge in [0.1, 0.15) is 5.75 Å². The van der Waals surface area contributed by atoms with Crippen molar-refractivity contribution in [3.63, 3.8) is 0 Å². The Kier molecular flexibility index (Phi) is 5.82. The fourth-order valence-electron chi connectivity index (χ4n) is 3.05. The highest BCUT2D eigenvalue weighted by molar-refractivity contribution is 6.06. The third kappa shape index (κ3) is 4.37. The maximum absolute atomic E-state index is 13.0. The van der Waals surface area contributed by atoms with E-state index in [1.807, 2.05) is 0 Å². The molecule has 0 fully saturated rings. The summed E-state index contributed by atoms with van der Waals surface area (Å²) in [6.45, 7) is 1.66. The van der Waals surface area contributed by atoms with Gasteiger partial charge in [-0.1, -0.05) is 12.1 Å². The highest BCUT2D eigenvalue weighted by Gasteiger charge is 2.31. The molecule has 3 rings (SSSR count). The second-order valence-electron chi connectivity index (χ2n) is 6.37. The summed E-state index contributed by atoms with van der Waals surface area (Å²) in [6, 6.07) is 12.4. The van der Waals surface area contributed by atoms with Crippen LogP contribution < -0.4 is 20.7 Å². The standard InChI is InChI=1S/C21H21N3O5/c1-12-17(19(25)23-15-8-10-16(28-2)11-9-15)18(24-21(27)22-12)13-4-6-14(7-5-13)20(26)29-3/h4-11,18H,1-3H3,(H,23,25)(H2,22,24,27). The maximum Gasteiger partial charge on any atom is 0.337 e. The van der Waals surface area contributed by atoms with Crippen LogP contribution in [0.15, 0.2) is 59.8 Å². The SMILES string of the molecule is COC(=O)c1ccc(C2NC(=O)NC(C)=C2C(=O)Nc2ccc(OC)cc2)cc1. The Hall–Kier alpha value is -3.81. The second kappa shape index (κ2) is 8.47. The molecule has 8 heteroatoms. The van der Waals surface area contributed by atoms with Gasteiger partial charge in [0.2, 0.25) is 0 Å². The van der Waals surface area contributed by atoms with Gasteiger partial charge in [0.25, 0.3) is 5.91 Å². The Labute approximate surface area is 167 Å². The highest BCUT2D eigenvalue weighted by atomic mass is 16.5. The van der Waals surface area contributed by atoms with Crippen LogP contribution in [0.1, 0.15) is 28.9 Å². The van der Waals surface area contributed by atoms with Crippen molar-refractivity contribution in [1.29, 1.82) is 0 Å². The molecule has 0 saturated heterocycles. The van der Waals surface area contributed by atoms with Crippen LogP contribution in [0.3, 0.4) is 0 Å². The molecule has 150 valence electrons. The van der Waals surface area contributed by atoms with Gasteiger partial charge in [0, 0.05) is 11.4 Å².